The van der Waals surface area contributed by atoms with E-state index in [0.29, 0.717) is 8.95 Å². The van der Waals surface area contributed by atoms with E-state index in [1.807, 2.05) is 0 Å². The summed E-state index contributed by atoms with van der Waals surface area (Å²) in [6.45, 7) is 0. The summed E-state index contributed by atoms with van der Waals surface area (Å²) in [7, 11) is 0. The monoisotopic (exact) mass is 741 g/mol. The van der Waals surface area contributed by atoms with Crippen LogP contribution in [0, 0.1) is 0 Å². The minimum Gasteiger partial charge on any atom is -0.545 e. The van der Waals surface area contributed by atoms with Gasteiger partial charge in [0.15, 0.2) is 0 Å². The maximum Gasteiger partial charge on any atom is 1.00 e. The van der Waals surface area contributed by atoms with Crippen molar-refractivity contribution in [2.24, 2.45) is 0 Å². The van der Waals surface area contributed by atoms with Crippen LogP contribution in [-0.2, 0) is 0 Å². The fraction of sp³-hybridized carbons (Fsp3) is 0. The first-order valence-electron chi connectivity index (χ1n) is 3.57. The molecule has 0 spiro atoms. The third-order valence-corrected chi connectivity index (χ3v) is 6.44. The Kier molecular flexibility index (Phi) is 14.7. The van der Waals surface area contributed by atoms with E-state index in [9.17, 15) is 19.8 Å². The summed E-state index contributed by atoms with van der Waals surface area (Å²) in [6, 6.07) is 0. The molecule has 10 heteroatoms. The molecule has 0 fully saturated rings. The Hall–Kier alpha value is 4.18. The molecule has 1 aromatic rings. The van der Waals surface area contributed by atoms with Crippen LogP contribution in [-0.4, -0.2) is 11.9 Å². The fourth-order valence-electron chi connectivity index (χ4n) is 1.02. The number of carboxylic acids is 2. The van der Waals surface area contributed by atoms with E-state index in [0.717, 1.165) is 0 Å². The van der Waals surface area contributed by atoms with Gasteiger partial charge < -0.3 is 19.8 Å². The average Bonchev–Trinajstić information content (AvgIpc) is 2.18. The van der Waals surface area contributed by atoms with Crippen LogP contribution in [0.1, 0.15) is 20.7 Å². The zero-order chi connectivity index (χ0) is 12.6. The summed E-state index contributed by atoms with van der Waals surface area (Å²) in [5.41, 5.74) is -0.969. The SMILES string of the molecule is O=C([O-])c1c(Br)c(Br)c(Br)c(Br)c1C(=O)[O-].[Cs+].[Cs+]. The first-order valence-corrected chi connectivity index (χ1v) is 6.74. The summed E-state index contributed by atoms with van der Waals surface area (Å²) in [5.74, 6) is -3.22. The Bertz CT molecular complexity index is 462. The van der Waals surface area contributed by atoms with Gasteiger partial charge in [-0.1, -0.05) is 0 Å². The summed E-state index contributed by atoms with van der Waals surface area (Å²) < 4.78 is 0.871. The second-order valence-corrected chi connectivity index (χ2v) is 5.75. The van der Waals surface area contributed by atoms with E-state index in [4.69, 9.17) is 0 Å². The van der Waals surface area contributed by atoms with Crippen molar-refractivity contribution in [3.63, 3.8) is 0 Å². The van der Waals surface area contributed by atoms with Crippen LogP contribution in [0.3, 0.4) is 0 Å². The second-order valence-electron chi connectivity index (χ2n) is 2.58. The normalized spacial score (nSPS) is 9.11. The van der Waals surface area contributed by atoms with Gasteiger partial charge in [-0.05, 0) is 63.7 Å². The number of carbonyl (C=O) groups excluding carboxylic acids is 2. The van der Waals surface area contributed by atoms with Gasteiger partial charge in [-0.2, -0.15) is 0 Å². The number of carbonyl (C=O) groups is 2. The van der Waals surface area contributed by atoms with Crippen LogP contribution >= 0.6 is 63.7 Å². The van der Waals surface area contributed by atoms with Crippen molar-refractivity contribution < 1.29 is 158 Å². The van der Waals surface area contributed by atoms with Crippen LogP contribution < -0.4 is 148 Å². The Morgan fingerprint density at radius 1 is 0.667 bits per heavy atom. The molecule has 18 heavy (non-hydrogen) atoms. The minimum absolute atomic E-state index is 0. The average molecular weight is 746 g/mol. The van der Waals surface area contributed by atoms with E-state index in [1.165, 1.54) is 0 Å². The van der Waals surface area contributed by atoms with E-state index >= 15 is 0 Å². The van der Waals surface area contributed by atoms with Gasteiger partial charge in [-0.3, -0.25) is 0 Å². The van der Waals surface area contributed by atoms with Crippen molar-refractivity contribution in [3.05, 3.63) is 29.0 Å². The Morgan fingerprint density at radius 2 is 0.889 bits per heavy atom. The predicted molar refractivity (Wildman–Crippen MR) is 65.9 cm³/mol. The molecular weight excluding hydrogens is 746 g/mol. The van der Waals surface area contributed by atoms with Gasteiger partial charge >= 0.3 is 138 Å². The largest absolute Gasteiger partial charge is 1.00 e. The number of benzene rings is 1. The van der Waals surface area contributed by atoms with Crippen LogP contribution in [0.4, 0.5) is 0 Å². The molecule has 0 bridgehead atoms. The number of aromatic carboxylic acids is 2. The molecule has 0 amide bonds. The molecule has 86 valence electrons. The standard InChI is InChI=1S/C8H2Br4O4.2Cs/c9-3-1(7(13)14)2(8(15)16)4(10)6(12)5(3)11;;/h(H,13,14)(H,15,16);;/q;2*+1/p-2. The molecule has 0 unspecified atom stereocenters. The minimum atomic E-state index is -1.61. The number of halogens is 4. The number of carboxylic acid groups (broad SMARTS) is 2. The number of rotatable bonds is 2. The van der Waals surface area contributed by atoms with E-state index in [-0.39, 0.29) is 147 Å². The Labute approximate surface area is 254 Å². The topological polar surface area (TPSA) is 80.3 Å². The summed E-state index contributed by atoms with van der Waals surface area (Å²) >= 11 is 12.2. The van der Waals surface area contributed by atoms with Gasteiger partial charge in [0.1, 0.15) is 0 Å². The van der Waals surface area contributed by atoms with Gasteiger partial charge in [0, 0.05) is 29.0 Å². The maximum atomic E-state index is 10.9. The molecule has 4 nitrogen and oxygen atoms in total. The van der Waals surface area contributed by atoms with E-state index in [2.05, 4.69) is 63.7 Å². The van der Waals surface area contributed by atoms with Gasteiger partial charge in [-0.25, -0.2) is 0 Å². The van der Waals surface area contributed by atoms with Crippen LogP contribution in [0.5, 0.6) is 0 Å². The summed E-state index contributed by atoms with van der Waals surface area (Å²) in [6.07, 6.45) is 0. The Balaban J connectivity index is 0. The van der Waals surface area contributed by atoms with Gasteiger partial charge in [0.25, 0.3) is 0 Å². The predicted octanol–water partition coefficient (Wildman–Crippen LogP) is -4.53. The molecule has 0 atom stereocenters. The smallest absolute Gasteiger partial charge is 0.545 e. The molecule has 0 aromatic heterocycles. The molecule has 1 aromatic carbocycles. The molecule has 1 rings (SSSR count). The van der Waals surface area contributed by atoms with Crippen molar-refractivity contribution in [1.29, 1.82) is 0 Å². The van der Waals surface area contributed by atoms with Crippen LogP contribution in [0.25, 0.3) is 0 Å². The third-order valence-electron chi connectivity index (χ3n) is 1.68. The molecule has 0 aliphatic carbocycles. The first-order chi connectivity index (χ1) is 7.29. The molecule has 0 saturated heterocycles. The Morgan fingerprint density at radius 3 is 1.06 bits per heavy atom. The molecule has 0 aliphatic rings. The molecular formula is C8Br4Cs2O4. The fourth-order valence-corrected chi connectivity index (χ4v) is 3.46. The zero-order valence-corrected chi connectivity index (χ0v) is 28.0. The summed E-state index contributed by atoms with van der Waals surface area (Å²) in [4.78, 5) is 21.7. The quantitative estimate of drug-likeness (QED) is 0.226. The molecule has 0 saturated carbocycles. The number of hydrogen-bond donors (Lipinski definition) is 0. The first kappa shape index (κ1) is 24.4. The van der Waals surface area contributed by atoms with Gasteiger partial charge in [0.2, 0.25) is 0 Å². The van der Waals surface area contributed by atoms with E-state index < -0.39 is 23.1 Å². The zero-order valence-electron chi connectivity index (χ0n) is 9.14. The van der Waals surface area contributed by atoms with Gasteiger partial charge in [-0.15, -0.1) is 0 Å². The molecule has 0 radical (unpaired) electrons. The van der Waals surface area contributed by atoms with E-state index in [1.54, 1.807) is 0 Å². The molecule has 0 aliphatic heterocycles. The summed E-state index contributed by atoms with van der Waals surface area (Å²) in [5, 5.41) is 21.7. The van der Waals surface area contributed by atoms with Crippen LogP contribution in [0.2, 0.25) is 0 Å². The van der Waals surface area contributed by atoms with Crippen molar-refractivity contribution >= 4 is 75.7 Å². The third kappa shape index (κ3) is 5.67. The molecule has 0 heterocycles. The van der Waals surface area contributed by atoms with Crippen molar-refractivity contribution in [3.8, 4) is 0 Å². The maximum absolute atomic E-state index is 10.9. The van der Waals surface area contributed by atoms with Crippen LogP contribution in [0.15, 0.2) is 17.9 Å². The van der Waals surface area contributed by atoms with Crippen molar-refractivity contribution in [2.75, 3.05) is 0 Å². The molecule has 0 N–H and O–H groups in total. The number of hydrogen-bond acceptors (Lipinski definition) is 4. The van der Waals surface area contributed by atoms with Crippen molar-refractivity contribution in [1.82, 2.24) is 0 Å². The van der Waals surface area contributed by atoms with Gasteiger partial charge in [0.05, 0.1) is 11.9 Å². The second kappa shape index (κ2) is 10.9. The van der Waals surface area contributed by atoms with Crippen molar-refractivity contribution in [2.45, 2.75) is 0 Å².